The van der Waals surface area contributed by atoms with Gasteiger partial charge in [-0.25, -0.2) is 4.98 Å². The number of hydrogen-bond donors (Lipinski definition) is 1. The van der Waals surface area contributed by atoms with Crippen LogP contribution in [0.2, 0.25) is 0 Å². The quantitative estimate of drug-likeness (QED) is 0.775. The van der Waals surface area contributed by atoms with E-state index in [1.54, 1.807) is 12.6 Å². The van der Waals surface area contributed by atoms with Crippen molar-refractivity contribution in [3.05, 3.63) is 22.7 Å². The van der Waals surface area contributed by atoms with Crippen LogP contribution < -0.4 is 5.32 Å². The Kier molecular flexibility index (Phi) is 4.03. The van der Waals surface area contributed by atoms with Crippen molar-refractivity contribution >= 4 is 11.3 Å². The predicted octanol–water partition coefficient (Wildman–Crippen LogP) is 1.53. The van der Waals surface area contributed by atoms with E-state index in [4.69, 9.17) is 9.26 Å². The topological polar surface area (TPSA) is 60.2 Å². The summed E-state index contributed by atoms with van der Waals surface area (Å²) in [6, 6.07) is 1.90. The Morgan fingerprint density at radius 1 is 1.56 bits per heavy atom. The highest BCUT2D eigenvalue weighted by Crippen LogP contribution is 2.19. The smallest absolute Gasteiger partial charge is 0.186 e. The highest BCUT2D eigenvalue weighted by molar-refractivity contribution is 7.07. The molecule has 2 aromatic heterocycles. The number of rotatable bonds is 6. The van der Waals surface area contributed by atoms with Crippen LogP contribution >= 0.6 is 11.3 Å². The molecule has 0 spiro atoms. The molecule has 0 saturated heterocycles. The molecule has 2 rings (SSSR count). The summed E-state index contributed by atoms with van der Waals surface area (Å²) < 4.78 is 10.1. The molecule has 86 valence electrons. The molecule has 2 aromatic rings. The Labute approximate surface area is 97.4 Å². The maximum Gasteiger partial charge on any atom is 0.186 e. The van der Waals surface area contributed by atoms with Gasteiger partial charge in [0.2, 0.25) is 0 Å². The van der Waals surface area contributed by atoms with Crippen molar-refractivity contribution in [3.8, 4) is 11.5 Å². The Morgan fingerprint density at radius 3 is 3.25 bits per heavy atom. The van der Waals surface area contributed by atoms with E-state index in [0.717, 1.165) is 17.9 Å². The summed E-state index contributed by atoms with van der Waals surface area (Å²) in [6.45, 7) is 2.17. The van der Waals surface area contributed by atoms with Crippen molar-refractivity contribution in [1.82, 2.24) is 15.5 Å². The number of thiazole rings is 1. The van der Waals surface area contributed by atoms with Gasteiger partial charge in [0.25, 0.3) is 0 Å². The fourth-order valence-corrected chi connectivity index (χ4v) is 1.78. The lowest BCUT2D eigenvalue weighted by Gasteiger charge is -1.99. The van der Waals surface area contributed by atoms with E-state index >= 15 is 0 Å². The molecule has 0 fully saturated rings. The van der Waals surface area contributed by atoms with Gasteiger partial charge in [-0.3, -0.25) is 0 Å². The van der Waals surface area contributed by atoms with Crippen molar-refractivity contribution in [2.75, 3.05) is 20.3 Å². The van der Waals surface area contributed by atoms with Crippen molar-refractivity contribution in [3.63, 3.8) is 0 Å². The fourth-order valence-electron chi connectivity index (χ4n) is 1.24. The van der Waals surface area contributed by atoms with Crippen LogP contribution in [0.5, 0.6) is 0 Å². The average molecular weight is 239 g/mol. The van der Waals surface area contributed by atoms with E-state index in [9.17, 15) is 0 Å². The highest BCUT2D eigenvalue weighted by atomic mass is 32.1. The van der Waals surface area contributed by atoms with Crippen LogP contribution in [0.4, 0.5) is 0 Å². The summed E-state index contributed by atoms with van der Waals surface area (Å²) in [5, 5.41) is 9.09. The minimum absolute atomic E-state index is 0.678. The number of methoxy groups -OCH3 is 1. The lowest BCUT2D eigenvalue weighted by Crippen LogP contribution is -2.18. The summed E-state index contributed by atoms with van der Waals surface area (Å²) in [5.74, 6) is 0.713. The van der Waals surface area contributed by atoms with Crippen molar-refractivity contribution < 1.29 is 9.26 Å². The van der Waals surface area contributed by atoms with E-state index in [-0.39, 0.29) is 0 Å². The molecule has 6 heteroatoms. The fraction of sp³-hybridized carbons (Fsp3) is 0.400. The molecule has 1 N–H and O–H groups in total. The Morgan fingerprint density at radius 2 is 2.50 bits per heavy atom. The maximum absolute atomic E-state index is 5.19. The lowest BCUT2D eigenvalue weighted by molar-refractivity contribution is 0.199. The lowest BCUT2D eigenvalue weighted by atomic mass is 10.3. The Bertz CT molecular complexity index is 413. The van der Waals surface area contributed by atoms with Gasteiger partial charge in [-0.05, 0) is 0 Å². The molecule has 0 aromatic carbocycles. The molecule has 0 amide bonds. The second kappa shape index (κ2) is 5.74. The largest absolute Gasteiger partial charge is 0.383 e. The van der Waals surface area contributed by atoms with E-state index in [2.05, 4.69) is 15.5 Å². The summed E-state index contributed by atoms with van der Waals surface area (Å²) in [5.41, 5.74) is 3.48. The van der Waals surface area contributed by atoms with E-state index in [0.29, 0.717) is 18.9 Å². The van der Waals surface area contributed by atoms with Crippen molar-refractivity contribution in [2.24, 2.45) is 0 Å². The van der Waals surface area contributed by atoms with Crippen LogP contribution in [-0.2, 0) is 11.3 Å². The van der Waals surface area contributed by atoms with Crippen molar-refractivity contribution in [1.29, 1.82) is 0 Å². The van der Waals surface area contributed by atoms with Crippen LogP contribution in [-0.4, -0.2) is 30.4 Å². The first kappa shape index (κ1) is 11.3. The molecular formula is C10H13N3O2S. The molecular weight excluding hydrogens is 226 g/mol. The molecule has 2 heterocycles. The van der Waals surface area contributed by atoms with E-state index in [1.165, 1.54) is 11.3 Å². The molecule has 0 saturated carbocycles. The summed E-state index contributed by atoms with van der Waals surface area (Å²) >= 11 is 1.54. The van der Waals surface area contributed by atoms with E-state index in [1.807, 2.05) is 11.4 Å². The SMILES string of the molecule is COCCNCc1cc(-c2cscn2)on1. The van der Waals surface area contributed by atoms with Crippen LogP contribution in [0.1, 0.15) is 5.69 Å². The standard InChI is InChI=1S/C10H13N3O2S/c1-14-3-2-11-5-8-4-10(15-13-8)9-6-16-7-12-9/h4,6-7,11H,2-3,5H2,1H3. The monoisotopic (exact) mass is 239 g/mol. The van der Waals surface area contributed by atoms with Gasteiger partial charge in [-0.1, -0.05) is 5.16 Å². The number of hydrogen-bond acceptors (Lipinski definition) is 6. The van der Waals surface area contributed by atoms with Gasteiger partial charge in [-0.2, -0.15) is 0 Å². The van der Waals surface area contributed by atoms with Gasteiger partial charge in [0.05, 0.1) is 17.8 Å². The van der Waals surface area contributed by atoms with Crippen LogP contribution in [0, 0.1) is 0 Å². The summed E-state index contributed by atoms with van der Waals surface area (Å²) in [4.78, 5) is 4.15. The third kappa shape index (κ3) is 2.88. The third-order valence-corrected chi connectivity index (χ3v) is 2.62. The zero-order valence-corrected chi connectivity index (χ0v) is 9.79. The number of nitrogens with one attached hydrogen (secondary N) is 1. The first-order chi connectivity index (χ1) is 7.90. The zero-order valence-electron chi connectivity index (χ0n) is 8.97. The molecule has 5 nitrogen and oxygen atoms in total. The Balaban J connectivity index is 1.88. The normalized spacial score (nSPS) is 10.8. The van der Waals surface area contributed by atoms with E-state index < -0.39 is 0 Å². The summed E-state index contributed by atoms with van der Waals surface area (Å²) in [6.07, 6.45) is 0. The number of ether oxygens (including phenoxy) is 1. The molecule has 0 bridgehead atoms. The van der Waals surface area contributed by atoms with Crippen molar-refractivity contribution in [2.45, 2.75) is 6.54 Å². The minimum Gasteiger partial charge on any atom is -0.383 e. The Hall–Kier alpha value is -1.24. The maximum atomic E-state index is 5.19. The van der Waals surface area contributed by atoms with Crippen LogP contribution in [0.3, 0.4) is 0 Å². The van der Waals surface area contributed by atoms with Gasteiger partial charge in [0.15, 0.2) is 5.76 Å². The first-order valence-corrected chi connectivity index (χ1v) is 5.88. The van der Waals surface area contributed by atoms with Crippen LogP contribution in [0.15, 0.2) is 21.5 Å². The molecule has 0 atom stereocenters. The molecule has 0 radical (unpaired) electrons. The molecule has 0 aliphatic heterocycles. The predicted molar refractivity (Wildman–Crippen MR) is 61.2 cm³/mol. The van der Waals surface area contributed by atoms with Gasteiger partial charge in [-0.15, -0.1) is 11.3 Å². The van der Waals surface area contributed by atoms with Gasteiger partial charge in [0, 0.05) is 31.6 Å². The highest BCUT2D eigenvalue weighted by Gasteiger charge is 2.07. The molecule has 0 aliphatic carbocycles. The van der Waals surface area contributed by atoms with Gasteiger partial charge in [0.1, 0.15) is 5.69 Å². The number of aromatic nitrogens is 2. The van der Waals surface area contributed by atoms with Gasteiger partial charge >= 0.3 is 0 Å². The molecule has 0 aliphatic rings. The zero-order chi connectivity index (χ0) is 11.2. The second-order valence-electron chi connectivity index (χ2n) is 3.23. The van der Waals surface area contributed by atoms with Gasteiger partial charge < -0.3 is 14.6 Å². The second-order valence-corrected chi connectivity index (χ2v) is 3.94. The number of nitrogens with zero attached hydrogens (tertiary/aromatic N) is 2. The third-order valence-electron chi connectivity index (χ3n) is 2.03. The summed E-state index contributed by atoms with van der Waals surface area (Å²) in [7, 11) is 1.68. The van der Waals surface area contributed by atoms with Crippen LogP contribution in [0.25, 0.3) is 11.5 Å². The average Bonchev–Trinajstić information content (AvgIpc) is 2.94. The minimum atomic E-state index is 0.678. The molecule has 16 heavy (non-hydrogen) atoms. The molecule has 0 unspecified atom stereocenters. The first-order valence-electron chi connectivity index (χ1n) is 4.94.